The third-order valence-corrected chi connectivity index (χ3v) is 1.40. The molecular weight excluding hydrogens is 172 g/mol. The SMILES string of the molecule is COCCC(=O)Nc1cn(C)nn1. The zero-order chi connectivity index (χ0) is 9.68. The lowest BCUT2D eigenvalue weighted by atomic mass is 10.4. The van der Waals surface area contributed by atoms with E-state index in [9.17, 15) is 4.79 Å². The second kappa shape index (κ2) is 4.56. The summed E-state index contributed by atoms with van der Waals surface area (Å²) in [5.74, 6) is 0.339. The number of amides is 1. The van der Waals surface area contributed by atoms with Crippen molar-refractivity contribution in [3.05, 3.63) is 6.20 Å². The van der Waals surface area contributed by atoms with Crippen molar-refractivity contribution in [1.82, 2.24) is 15.0 Å². The molecule has 1 aromatic rings. The van der Waals surface area contributed by atoms with E-state index in [-0.39, 0.29) is 5.91 Å². The van der Waals surface area contributed by atoms with Crippen LogP contribution < -0.4 is 5.32 Å². The predicted molar refractivity (Wildman–Crippen MR) is 46.1 cm³/mol. The van der Waals surface area contributed by atoms with Crippen LogP contribution in [0.25, 0.3) is 0 Å². The number of carbonyl (C=O) groups excluding carboxylic acids is 1. The topological polar surface area (TPSA) is 69.0 Å². The molecule has 6 nitrogen and oxygen atoms in total. The van der Waals surface area contributed by atoms with Crippen LogP contribution in [-0.4, -0.2) is 34.6 Å². The summed E-state index contributed by atoms with van der Waals surface area (Å²) >= 11 is 0. The normalized spacial score (nSPS) is 10.0. The third kappa shape index (κ3) is 3.20. The molecule has 1 rings (SSSR count). The summed E-state index contributed by atoms with van der Waals surface area (Å²) in [6.45, 7) is 0.409. The molecule has 0 unspecified atom stereocenters. The molecule has 0 saturated heterocycles. The Labute approximate surface area is 75.9 Å². The maximum atomic E-state index is 11.1. The van der Waals surface area contributed by atoms with Crippen LogP contribution in [-0.2, 0) is 16.6 Å². The van der Waals surface area contributed by atoms with Gasteiger partial charge in [-0.1, -0.05) is 5.21 Å². The number of hydrogen-bond donors (Lipinski definition) is 1. The predicted octanol–water partition coefficient (Wildman–Crippen LogP) is -0.210. The molecule has 13 heavy (non-hydrogen) atoms. The third-order valence-electron chi connectivity index (χ3n) is 1.40. The molecule has 0 bridgehead atoms. The van der Waals surface area contributed by atoms with E-state index in [4.69, 9.17) is 4.74 Å². The number of hydrogen-bond acceptors (Lipinski definition) is 4. The van der Waals surface area contributed by atoms with E-state index < -0.39 is 0 Å². The van der Waals surface area contributed by atoms with Gasteiger partial charge >= 0.3 is 0 Å². The van der Waals surface area contributed by atoms with Crippen molar-refractivity contribution in [2.24, 2.45) is 7.05 Å². The van der Waals surface area contributed by atoms with Crippen molar-refractivity contribution in [1.29, 1.82) is 0 Å². The molecule has 0 radical (unpaired) electrons. The number of rotatable bonds is 4. The summed E-state index contributed by atoms with van der Waals surface area (Å²) in [4.78, 5) is 11.1. The number of carbonyl (C=O) groups is 1. The molecule has 0 saturated carbocycles. The maximum Gasteiger partial charge on any atom is 0.227 e. The first-order valence-corrected chi connectivity index (χ1v) is 3.87. The quantitative estimate of drug-likeness (QED) is 0.703. The van der Waals surface area contributed by atoms with E-state index in [0.717, 1.165) is 0 Å². The molecule has 6 heteroatoms. The van der Waals surface area contributed by atoms with Crippen LogP contribution >= 0.6 is 0 Å². The standard InChI is InChI=1S/C7H12N4O2/c1-11-5-6(9-10-11)8-7(12)3-4-13-2/h5H,3-4H2,1-2H3,(H,8,12). The molecule has 1 N–H and O–H groups in total. The minimum Gasteiger partial charge on any atom is -0.384 e. The van der Waals surface area contributed by atoms with E-state index in [1.165, 1.54) is 4.68 Å². The van der Waals surface area contributed by atoms with Crippen LogP contribution in [0.15, 0.2) is 6.20 Å². The van der Waals surface area contributed by atoms with Gasteiger partial charge in [0.1, 0.15) is 0 Å². The van der Waals surface area contributed by atoms with Crippen molar-refractivity contribution in [3.63, 3.8) is 0 Å². The van der Waals surface area contributed by atoms with E-state index in [0.29, 0.717) is 18.8 Å². The molecular formula is C7H12N4O2. The number of methoxy groups -OCH3 is 1. The Balaban J connectivity index is 2.36. The molecule has 72 valence electrons. The Morgan fingerprint density at radius 3 is 3.08 bits per heavy atom. The fraction of sp³-hybridized carbons (Fsp3) is 0.571. The second-order valence-corrected chi connectivity index (χ2v) is 2.57. The first-order chi connectivity index (χ1) is 6.22. The van der Waals surface area contributed by atoms with Gasteiger partial charge in [-0.3, -0.25) is 9.48 Å². The van der Waals surface area contributed by atoms with E-state index in [1.807, 2.05) is 0 Å². The lowest BCUT2D eigenvalue weighted by Gasteiger charge is -1.99. The van der Waals surface area contributed by atoms with Gasteiger partial charge in [-0.2, -0.15) is 0 Å². The van der Waals surface area contributed by atoms with Gasteiger partial charge in [0.05, 0.1) is 19.2 Å². The lowest BCUT2D eigenvalue weighted by molar-refractivity contribution is -0.117. The smallest absolute Gasteiger partial charge is 0.227 e. The lowest BCUT2D eigenvalue weighted by Crippen LogP contribution is -2.13. The molecule has 0 fully saturated rings. The number of nitrogens with one attached hydrogen (secondary N) is 1. The van der Waals surface area contributed by atoms with Gasteiger partial charge in [0.25, 0.3) is 0 Å². The zero-order valence-corrected chi connectivity index (χ0v) is 7.65. The summed E-state index contributed by atoms with van der Waals surface area (Å²) in [5.41, 5.74) is 0. The first kappa shape index (κ1) is 9.66. The van der Waals surface area contributed by atoms with Crippen LogP contribution in [0.2, 0.25) is 0 Å². The van der Waals surface area contributed by atoms with Crippen molar-refractivity contribution in [3.8, 4) is 0 Å². The Morgan fingerprint density at radius 1 is 1.77 bits per heavy atom. The molecule has 0 aliphatic heterocycles. The fourth-order valence-electron chi connectivity index (χ4n) is 0.805. The van der Waals surface area contributed by atoms with Crippen LogP contribution in [0.4, 0.5) is 5.82 Å². The Kier molecular flexibility index (Phi) is 3.39. The summed E-state index contributed by atoms with van der Waals surface area (Å²) in [7, 11) is 3.29. The van der Waals surface area contributed by atoms with Crippen molar-refractivity contribution in [2.75, 3.05) is 19.0 Å². The number of nitrogens with zero attached hydrogens (tertiary/aromatic N) is 3. The van der Waals surface area contributed by atoms with Gasteiger partial charge in [-0.25, -0.2) is 0 Å². The number of aromatic nitrogens is 3. The van der Waals surface area contributed by atoms with Gasteiger partial charge < -0.3 is 10.1 Å². The Morgan fingerprint density at radius 2 is 2.54 bits per heavy atom. The Hall–Kier alpha value is -1.43. The summed E-state index contributed by atoms with van der Waals surface area (Å²) in [6, 6.07) is 0. The average Bonchev–Trinajstić information content (AvgIpc) is 2.48. The van der Waals surface area contributed by atoms with Crippen LogP contribution in [0.1, 0.15) is 6.42 Å². The molecule has 0 aliphatic carbocycles. The molecule has 1 heterocycles. The highest BCUT2D eigenvalue weighted by Gasteiger charge is 2.03. The number of anilines is 1. The second-order valence-electron chi connectivity index (χ2n) is 2.57. The molecule has 0 spiro atoms. The van der Waals surface area contributed by atoms with E-state index in [2.05, 4.69) is 15.6 Å². The summed E-state index contributed by atoms with van der Waals surface area (Å²) < 4.78 is 6.27. The highest BCUT2D eigenvalue weighted by Crippen LogP contribution is 1.98. The fourth-order valence-corrected chi connectivity index (χ4v) is 0.805. The monoisotopic (exact) mass is 184 g/mol. The van der Waals surface area contributed by atoms with Crippen molar-refractivity contribution < 1.29 is 9.53 Å². The van der Waals surface area contributed by atoms with Gasteiger partial charge in [0, 0.05) is 14.2 Å². The highest BCUT2D eigenvalue weighted by atomic mass is 16.5. The number of aryl methyl sites for hydroxylation is 1. The maximum absolute atomic E-state index is 11.1. The van der Waals surface area contributed by atoms with Crippen LogP contribution in [0.5, 0.6) is 0 Å². The minimum atomic E-state index is -0.123. The summed E-state index contributed by atoms with van der Waals surface area (Å²) in [5, 5.41) is 9.96. The molecule has 0 aromatic carbocycles. The highest BCUT2D eigenvalue weighted by molar-refractivity contribution is 5.89. The van der Waals surface area contributed by atoms with Gasteiger partial charge in [0.2, 0.25) is 5.91 Å². The first-order valence-electron chi connectivity index (χ1n) is 3.87. The average molecular weight is 184 g/mol. The largest absolute Gasteiger partial charge is 0.384 e. The van der Waals surface area contributed by atoms with Crippen molar-refractivity contribution >= 4 is 11.7 Å². The van der Waals surface area contributed by atoms with Crippen molar-refractivity contribution in [2.45, 2.75) is 6.42 Å². The van der Waals surface area contributed by atoms with Crippen LogP contribution in [0.3, 0.4) is 0 Å². The Bertz CT molecular complexity index is 284. The van der Waals surface area contributed by atoms with Gasteiger partial charge in [0.15, 0.2) is 5.82 Å². The molecule has 0 aliphatic rings. The molecule has 1 amide bonds. The van der Waals surface area contributed by atoms with Gasteiger partial charge in [-0.15, -0.1) is 5.10 Å². The zero-order valence-electron chi connectivity index (χ0n) is 7.65. The van der Waals surface area contributed by atoms with Crippen LogP contribution in [0, 0.1) is 0 Å². The van der Waals surface area contributed by atoms with Gasteiger partial charge in [-0.05, 0) is 0 Å². The van der Waals surface area contributed by atoms with E-state index in [1.54, 1.807) is 20.4 Å². The molecule has 0 atom stereocenters. The number of ether oxygens (including phenoxy) is 1. The molecule has 1 aromatic heterocycles. The minimum absolute atomic E-state index is 0.123. The van der Waals surface area contributed by atoms with E-state index >= 15 is 0 Å². The summed E-state index contributed by atoms with van der Waals surface area (Å²) in [6.07, 6.45) is 1.96.